The molecule has 0 radical (unpaired) electrons. The SMILES string of the molecule is CC1(C)CN(CC(O)c2ccccn2)c2cc([N+](=O)[O-])ccc2O1. The molecule has 0 fully saturated rings. The molecule has 0 saturated heterocycles. The van der Waals surface area contributed by atoms with Gasteiger partial charge in [0.25, 0.3) is 5.69 Å². The number of nitro groups is 1. The van der Waals surface area contributed by atoms with Gasteiger partial charge in [-0.2, -0.15) is 0 Å². The second-order valence-electron chi connectivity index (χ2n) is 6.42. The largest absolute Gasteiger partial charge is 0.484 e. The van der Waals surface area contributed by atoms with Gasteiger partial charge < -0.3 is 14.7 Å². The third-order valence-electron chi connectivity index (χ3n) is 3.87. The molecule has 2 aromatic rings. The van der Waals surface area contributed by atoms with Gasteiger partial charge in [-0.15, -0.1) is 0 Å². The smallest absolute Gasteiger partial charge is 0.271 e. The highest BCUT2D eigenvalue weighted by molar-refractivity contribution is 5.65. The van der Waals surface area contributed by atoms with Crippen LogP contribution in [0.4, 0.5) is 11.4 Å². The number of pyridine rings is 1. The topological polar surface area (TPSA) is 88.7 Å². The van der Waals surface area contributed by atoms with Gasteiger partial charge in [0.15, 0.2) is 0 Å². The molecular weight excluding hydrogens is 310 g/mol. The number of rotatable bonds is 4. The molecule has 0 bridgehead atoms. The van der Waals surface area contributed by atoms with Crippen molar-refractivity contribution in [2.75, 3.05) is 18.0 Å². The Morgan fingerprint density at radius 1 is 1.42 bits per heavy atom. The van der Waals surface area contributed by atoms with E-state index in [0.29, 0.717) is 23.7 Å². The van der Waals surface area contributed by atoms with E-state index in [2.05, 4.69) is 4.98 Å². The molecule has 3 rings (SSSR count). The van der Waals surface area contributed by atoms with Crippen LogP contribution in [-0.2, 0) is 0 Å². The first kappa shape index (κ1) is 16.2. The van der Waals surface area contributed by atoms with Gasteiger partial charge in [-0.25, -0.2) is 0 Å². The average Bonchev–Trinajstić information content (AvgIpc) is 2.54. The van der Waals surface area contributed by atoms with Gasteiger partial charge >= 0.3 is 0 Å². The van der Waals surface area contributed by atoms with Crippen molar-refractivity contribution in [2.24, 2.45) is 0 Å². The summed E-state index contributed by atoms with van der Waals surface area (Å²) in [5.41, 5.74) is 0.703. The van der Waals surface area contributed by atoms with Crippen LogP contribution in [0.25, 0.3) is 0 Å². The molecule has 24 heavy (non-hydrogen) atoms. The summed E-state index contributed by atoms with van der Waals surface area (Å²) in [5, 5.41) is 21.5. The minimum atomic E-state index is -0.799. The van der Waals surface area contributed by atoms with Crippen LogP contribution in [0.15, 0.2) is 42.6 Å². The van der Waals surface area contributed by atoms with Gasteiger partial charge in [0.1, 0.15) is 17.5 Å². The lowest BCUT2D eigenvalue weighted by molar-refractivity contribution is -0.384. The Morgan fingerprint density at radius 3 is 2.88 bits per heavy atom. The third kappa shape index (κ3) is 3.30. The highest BCUT2D eigenvalue weighted by Crippen LogP contribution is 2.39. The molecule has 7 nitrogen and oxygen atoms in total. The van der Waals surface area contributed by atoms with Gasteiger partial charge in [-0.05, 0) is 32.0 Å². The maximum absolute atomic E-state index is 11.1. The molecule has 0 spiro atoms. The molecule has 1 aromatic carbocycles. The number of benzene rings is 1. The summed E-state index contributed by atoms with van der Waals surface area (Å²) in [6, 6.07) is 9.86. The zero-order chi connectivity index (χ0) is 17.3. The fourth-order valence-corrected chi connectivity index (χ4v) is 2.87. The van der Waals surface area contributed by atoms with Crippen molar-refractivity contribution in [1.29, 1.82) is 0 Å². The number of nitro benzene ring substituents is 1. The lowest BCUT2D eigenvalue weighted by Crippen LogP contribution is -2.48. The molecule has 1 atom stereocenters. The molecule has 0 saturated carbocycles. The molecule has 126 valence electrons. The van der Waals surface area contributed by atoms with Crippen molar-refractivity contribution >= 4 is 11.4 Å². The van der Waals surface area contributed by atoms with Gasteiger partial charge in [0.05, 0.1) is 22.8 Å². The second-order valence-corrected chi connectivity index (χ2v) is 6.42. The van der Waals surface area contributed by atoms with E-state index in [-0.39, 0.29) is 12.2 Å². The van der Waals surface area contributed by atoms with E-state index in [1.165, 1.54) is 12.1 Å². The number of aliphatic hydroxyl groups excluding tert-OH is 1. The molecule has 7 heteroatoms. The molecule has 0 amide bonds. The number of aliphatic hydroxyl groups is 1. The van der Waals surface area contributed by atoms with Crippen molar-refractivity contribution in [3.8, 4) is 5.75 Å². The minimum absolute atomic E-state index is 0.00520. The number of hydrogen-bond acceptors (Lipinski definition) is 6. The van der Waals surface area contributed by atoms with Crippen LogP contribution in [0.3, 0.4) is 0 Å². The standard InChI is InChI=1S/C17H19N3O4/c1-17(2)11-19(10-15(21)13-5-3-4-8-18-13)14-9-12(20(22)23)6-7-16(14)24-17/h3-9,15,21H,10-11H2,1-2H3. The van der Waals surface area contributed by atoms with Crippen LogP contribution in [0.5, 0.6) is 5.75 Å². The monoisotopic (exact) mass is 329 g/mol. The normalized spacial score (nSPS) is 16.9. The van der Waals surface area contributed by atoms with Gasteiger partial charge in [-0.3, -0.25) is 15.1 Å². The number of non-ortho nitro benzene ring substituents is 1. The minimum Gasteiger partial charge on any atom is -0.484 e. The summed E-state index contributed by atoms with van der Waals surface area (Å²) >= 11 is 0. The van der Waals surface area contributed by atoms with E-state index in [0.717, 1.165) is 0 Å². The Balaban J connectivity index is 1.92. The predicted molar refractivity (Wildman–Crippen MR) is 89.2 cm³/mol. The van der Waals surface area contributed by atoms with Crippen molar-refractivity contribution in [3.63, 3.8) is 0 Å². The van der Waals surface area contributed by atoms with Gasteiger partial charge in [-0.1, -0.05) is 6.07 Å². The first-order valence-electron chi connectivity index (χ1n) is 7.67. The number of fused-ring (bicyclic) bond motifs is 1. The van der Waals surface area contributed by atoms with Crippen LogP contribution < -0.4 is 9.64 Å². The fraction of sp³-hybridized carbons (Fsp3) is 0.353. The van der Waals surface area contributed by atoms with Crippen molar-refractivity contribution in [3.05, 3.63) is 58.4 Å². The first-order chi connectivity index (χ1) is 11.4. The third-order valence-corrected chi connectivity index (χ3v) is 3.87. The van der Waals surface area contributed by atoms with E-state index >= 15 is 0 Å². The van der Waals surface area contributed by atoms with Crippen LogP contribution in [-0.4, -0.2) is 33.7 Å². The predicted octanol–water partition coefficient (Wildman–Crippen LogP) is 2.70. The molecule has 1 N–H and O–H groups in total. The Kier molecular flexibility index (Phi) is 4.11. The maximum atomic E-state index is 11.1. The lowest BCUT2D eigenvalue weighted by Gasteiger charge is -2.41. The molecular formula is C17H19N3O4. The zero-order valence-corrected chi connectivity index (χ0v) is 13.5. The summed E-state index contributed by atoms with van der Waals surface area (Å²) in [7, 11) is 0. The Hall–Kier alpha value is -2.67. The van der Waals surface area contributed by atoms with Crippen LogP contribution in [0, 0.1) is 10.1 Å². The van der Waals surface area contributed by atoms with Crippen LogP contribution >= 0.6 is 0 Å². The molecule has 1 aliphatic heterocycles. The number of nitrogens with zero attached hydrogens (tertiary/aromatic N) is 3. The van der Waals surface area contributed by atoms with E-state index in [9.17, 15) is 15.2 Å². The van der Waals surface area contributed by atoms with Crippen LogP contribution in [0.1, 0.15) is 25.6 Å². The zero-order valence-electron chi connectivity index (χ0n) is 13.5. The molecule has 1 unspecified atom stereocenters. The molecule has 2 heterocycles. The summed E-state index contributed by atoms with van der Waals surface area (Å²) in [6.07, 6.45) is 0.827. The number of aromatic nitrogens is 1. The molecule has 1 aliphatic rings. The fourth-order valence-electron chi connectivity index (χ4n) is 2.87. The number of ether oxygens (including phenoxy) is 1. The molecule has 1 aromatic heterocycles. The Bertz CT molecular complexity index is 749. The lowest BCUT2D eigenvalue weighted by atomic mass is 10.0. The summed E-state index contributed by atoms with van der Waals surface area (Å²) in [4.78, 5) is 16.7. The Labute approximate surface area is 139 Å². The first-order valence-corrected chi connectivity index (χ1v) is 7.67. The summed E-state index contributed by atoms with van der Waals surface area (Å²) < 4.78 is 5.91. The molecule has 0 aliphatic carbocycles. The van der Waals surface area contributed by atoms with Gasteiger partial charge in [0.2, 0.25) is 0 Å². The number of anilines is 1. The summed E-state index contributed by atoms with van der Waals surface area (Å²) in [6.45, 7) is 4.66. The van der Waals surface area contributed by atoms with Crippen molar-refractivity contribution < 1.29 is 14.8 Å². The summed E-state index contributed by atoms with van der Waals surface area (Å²) in [5.74, 6) is 0.574. The number of hydrogen-bond donors (Lipinski definition) is 1. The van der Waals surface area contributed by atoms with E-state index in [1.54, 1.807) is 24.4 Å². The van der Waals surface area contributed by atoms with E-state index in [4.69, 9.17) is 4.74 Å². The average molecular weight is 329 g/mol. The maximum Gasteiger partial charge on any atom is 0.271 e. The van der Waals surface area contributed by atoms with Crippen molar-refractivity contribution in [1.82, 2.24) is 4.98 Å². The van der Waals surface area contributed by atoms with E-state index < -0.39 is 16.6 Å². The quantitative estimate of drug-likeness (QED) is 0.685. The van der Waals surface area contributed by atoms with Crippen LogP contribution in [0.2, 0.25) is 0 Å². The highest BCUT2D eigenvalue weighted by Gasteiger charge is 2.34. The van der Waals surface area contributed by atoms with Gasteiger partial charge in [0, 0.05) is 24.9 Å². The van der Waals surface area contributed by atoms with Crippen molar-refractivity contribution in [2.45, 2.75) is 25.6 Å². The Morgan fingerprint density at radius 2 is 2.21 bits per heavy atom. The number of β-amino-alcohol motifs (C(OH)–C–C–N with tert-alkyl or cyclic N) is 1. The second kappa shape index (κ2) is 6.09. The van der Waals surface area contributed by atoms with E-state index in [1.807, 2.05) is 24.8 Å². The highest BCUT2D eigenvalue weighted by atomic mass is 16.6.